The molecule has 1 aromatic heterocycles. The monoisotopic (exact) mass is 374 g/mol. The third-order valence-corrected chi connectivity index (χ3v) is 5.71. The molecule has 2 amide bonds. The van der Waals surface area contributed by atoms with Crippen LogP contribution >= 0.6 is 0 Å². The molecule has 1 atom stereocenters. The standard InChI is InChI=1S/C19H26N4O4/c24-17-12-14(13-23(17)15-4-10-26-11-5-15)18(25)22-8-2-16(3-9-22)27-19-20-6-1-7-21-19/h1,6-7,14-16H,2-5,8-13H2/t14-/m1/s1. The van der Waals surface area contributed by atoms with Crippen molar-refractivity contribution in [2.75, 3.05) is 32.8 Å². The lowest BCUT2D eigenvalue weighted by Gasteiger charge is -2.34. The second kappa shape index (κ2) is 8.21. The van der Waals surface area contributed by atoms with Crippen molar-refractivity contribution in [3.05, 3.63) is 18.5 Å². The smallest absolute Gasteiger partial charge is 0.316 e. The topological polar surface area (TPSA) is 84.9 Å². The molecule has 8 nitrogen and oxygen atoms in total. The highest BCUT2D eigenvalue weighted by atomic mass is 16.5. The van der Waals surface area contributed by atoms with E-state index in [2.05, 4.69) is 9.97 Å². The van der Waals surface area contributed by atoms with Crippen LogP contribution in [0.3, 0.4) is 0 Å². The number of piperidine rings is 1. The maximum atomic E-state index is 12.9. The first kappa shape index (κ1) is 18.2. The summed E-state index contributed by atoms with van der Waals surface area (Å²) in [6, 6.07) is 2.37. The van der Waals surface area contributed by atoms with E-state index in [-0.39, 0.29) is 29.9 Å². The van der Waals surface area contributed by atoms with Crippen LogP contribution in [-0.4, -0.2) is 76.6 Å². The van der Waals surface area contributed by atoms with Crippen LogP contribution in [0, 0.1) is 5.92 Å². The summed E-state index contributed by atoms with van der Waals surface area (Å²) in [7, 11) is 0. The molecule has 0 aliphatic carbocycles. The first-order valence-corrected chi connectivity index (χ1v) is 9.80. The van der Waals surface area contributed by atoms with Gasteiger partial charge in [0.2, 0.25) is 11.8 Å². The Kier molecular flexibility index (Phi) is 5.52. The molecular weight excluding hydrogens is 348 g/mol. The first-order valence-electron chi connectivity index (χ1n) is 9.80. The number of amides is 2. The Morgan fingerprint density at radius 3 is 2.52 bits per heavy atom. The summed E-state index contributed by atoms with van der Waals surface area (Å²) in [4.78, 5) is 37.3. The number of rotatable bonds is 4. The average molecular weight is 374 g/mol. The van der Waals surface area contributed by atoms with Gasteiger partial charge < -0.3 is 19.3 Å². The van der Waals surface area contributed by atoms with Crippen molar-refractivity contribution >= 4 is 11.8 Å². The summed E-state index contributed by atoms with van der Waals surface area (Å²) in [5, 5.41) is 0. The number of hydrogen-bond donors (Lipinski definition) is 0. The van der Waals surface area contributed by atoms with Crippen molar-refractivity contribution in [1.29, 1.82) is 0 Å². The highest BCUT2D eigenvalue weighted by molar-refractivity contribution is 5.89. The van der Waals surface area contributed by atoms with Gasteiger partial charge in [0.15, 0.2) is 0 Å². The molecule has 0 aromatic carbocycles. The summed E-state index contributed by atoms with van der Waals surface area (Å²) in [5.74, 6) is 0.00212. The molecule has 8 heteroatoms. The predicted octanol–water partition coefficient (Wildman–Crippen LogP) is 0.874. The third kappa shape index (κ3) is 4.21. The molecule has 3 fully saturated rings. The molecule has 0 bridgehead atoms. The minimum Gasteiger partial charge on any atom is -0.460 e. The predicted molar refractivity (Wildman–Crippen MR) is 95.9 cm³/mol. The SMILES string of the molecule is O=C([C@@H]1CC(=O)N(C2CCOCC2)C1)N1CCC(Oc2ncccn2)CC1. The van der Waals surface area contributed by atoms with Crippen molar-refractivity contribution in [2.45, 2.75) is 44.2 Å². The Labute approximate surface area is 158 Å². The van der Waals surface area contributed by atoms with Crippen LogP contribution in [0.25, 0.3) is 0 Å². The molecule has 4 rings (SSSR count). The number of likely N-dealkylation sites (tertiary alicyclic amines) is 2. The second-order valence-corrected chi connectivity index (χ2v) is 7.46. The zero-order chi connectivity index (χ0) is 18.6. The molecular formula is C19H26N4O4. The number of ether oxygens (including phenoxy) is 2. The Morgan fingerprint density at radius 1 is 1.11 bits per heavy atom. The largest absolute Gasteiger partial charge is 0.460 e. The van der Waals surface area contributed by atoms with Gasteiger partial charge in [-0.15, -0.1) is 0 Å². The van der Waals surface area contributed by atoms with E-state index in [1.807, 2.05) is 9.80 Å². The van der Waals surface area contributed by atoms with Crippen LogP contribution in [0.2, 0.25) is 0 Å². The number of carbonyl (C=O) groups is 2. The van der Waals surface area contributed by atoms with E-state index < -0.39 is 0 Å². The van der Waals surface area contributed by atoms with Gasteiger partial charge in [0.1, 0.15) is 6.10 Å². The van der Waals surface area contributed by atoms with Crippen molar-refractivity contribution in [3.63, 3.8) is 0 Å². The number of aromatic nitrogens is 2. The van der Waals surface area contributed by atoms with E-state index >= 15 is 0 Å². The van der Waals surface area contributed by atoms with Gasteiger partial charge in [-0.3, -0.25) is 9.59 Å². The lowest BCUT2D eigenvalue weighted by Crippen LogP contribution is -2.45. The molecule has 3 aliphatic heterocycles. The Balaban J connectivity index is 1.27. The van der Waals surface area contributed by atoms with E-state index in [1.165, 1.54) is 0 Å². The molecule has 0 unspecified atom stereocenters. The molecule has 0 spiro atoms. The maximum absolute atomic E-state index is 12.9. The quantitative estimate of drug-likeness (QED) is 0.778. The maximum Gasteiger partial charge on any atom is 0.316 e. The lowest BCUT2D eigenvalue weighted by molar-refractivity contribution is -0.137. The number of hydrogen-bond acceptors (Lipinski definition) is 6. The molecule has 27 heavy (non-hydrogen) atoms. The molecule has 3 aliphatic rings. The van der Waals surface area contributed by atoms with Gasteiger partial charge in [0.25, 0.3) is 0 Å². The molecule has 146 valence electrons. The normalized spacial score (nSPS) is 25.0. The molecule has 0 N–H and O–H groups in total. The fraction of sp³-hybridized carbons (Fsp3) is 0.684. The van der Waals surface area contributed by atoms with Gasteiger partial charge in [-0.25, -0.2) is 9.97 Å². The Hall–Kier alpha value is -2.22. The Morgan fingerprint density at radius 2 is 1.81 bits per heavy atom. The van der Waals surface area contributed by atoms with Crippen LogP contribution in [0.4, 0.5) is 0 Å². The van der Waals surface area contributed by atoms with Gasteiger partial charge in [-0.05, 0) is 18.9 Å². The fourth-order valence-electron chi connectivity index (χ4n) is 4.19. The summed E-state index contributed by atoms with van der Waals surface area (Å²) in [5.41, 5.74) is 0. The molecule has 3 saturated heterocycles. The van der Waals surface area contributed by atoms with E-state index in [0.717, 1.165) is 25.7 Å². The van der Waals surface area contributed by atoms with Gasteiger partial charge in [-0.2, -0.15) is 0 Å². The lowest BCUT2D eigenvalue weighted by atomic mass is 10.0. The van der Waals surface area contributed by atoms with E-state index in [9.17, 15) is 9.59 Å². The second-order valence-electron chi connectivity index (χ2n) is 7.46. The van der Waals surface area contributed by atoms with Crippen LogP contribution in [-0.2, 0) is 14.3 Å². The number of carbonyl (C=O) groups excluding carboxylic acids is 2. The minimum atomic E-state index is -0.213. The van der Waals surface area contributed by atoms with Crippen LogP contribution in [0.5, 0.6) is 6.01 Å². The highest BCUT2D eigenvalue weighted by Gasteiger charge is 2.40. The third-order valence-electron chi connectivity index (χ3n) is 5.71. The van der Waals surface area contributed by atoms with Crippen molar-refractivity contribution in [2.24, 2.45) is 5.92 Å². The van der Waals surface area contributed by atoms with Crippen LogP contribution in [0.15, 0.2) is 18.5 Å². The van der Waals surface area contributed by atoms with Gasteiger partial charge in [0.05, 0.1) is 5.92 Å². The summed E-state index contributed by atoms with van der Waals surface area (Å²) in [6.07, 6.45) is 6.94. The van der Waals surface area contributed by atoms with Crippen molar-refractivity contribution in [1.82, 2.24) is 19.8 Å². The van der Waals surface area contributed by atoms with E-state index in [1.54, 1.807) is 18.5 Å². The number of nitrogens with zero attached hydrogens (tertiary/aromatic N) is 4. The van der Waals surface area contributed by atoms with Crippen molar-refractivity contribution in [3.8, 4) is 6.01 Å². The molecule has 0 radical (unpaired) electrons. The highest BCUT2D eigenvalue weighted by Crippen LogP contribution is 2.27. The van der Waals surface area contributed by atoms with Crippen molar-refractivity contribution < 1.29 is 19.1 Å². The first-order chi connectivity index (χ1) is 13.2. The van der Waals surface area contributed by atoms with Crippen LogP contribution in [0.1, 0.15) is 32.1 Å². The summed E-state index contributed by atoms with van der Waals surface area (Å²) < 4.78 is 11.2. The molecule has 4 heterocycles. The molecule has 0 saturated carbocycles. The Bertz CT molecular complexity index is 657. The van der Waals surface area contributed by atoms with E-state index in [0.29, 0.717) is 45.3 Å². The van der Waals surface area contributed by atoms with Crippen LogP contribution < -0.4 is 4.74 Å². The van der Waals surface area contributed by atoms with E-state index in [4.69, 9.17) is 9.47 Å². The minimum absolute atomic E-state index is 0.0281. The molecule has 1 aromatic rings. The zero-order valence-corrected chi connectivity index (χ0v) is 15.5. The summed E-state index contributed by atoms with van der Waals surface area (Å²) in [6.45, 7) is 3.25. The zero-order valence-electron chi connectivity index (χ0n) is 15.5. The van der Waals surface area contributed by atoms with Gasteiger partial charge in [0, 0.05) is 70.5 Å². The fourth-order valence-corrected chi connectivity index (χ4v) is 4.19. The summed E-state index contributed by atoms with van der Waals surface area (Å²) >= 11 is 0. The average Bonchev–Trinajstić information content (AvgIpc) is 3.11. The van der Waals surface area contributed by atoms with Gasteiger partial charge in [-0.1, -0.05) is 0 Å². The van der Waals surface area contributed by atoms with Gasteiger partial charge >= 0.3 is 6.01 Å².